The summed E-state index contributed by atoms with van der Waals surface area (Å²) in [5.41, 5.74) is 1.16. The molecule has 0 amide bonds. The molecule has 1 atom stereocenters. The Morgan fingerprint density at radius 1 is 1.35 bits per heavy atom. The molecule has 1 aromatic carbocycles. The van der Waals surface area contributed by atoms with Crippen molar-refractivity contribution in [2.45, 2.75) is 26.3 Å². The Labute approximate surface area is 124 Å². The molecule has 0 aliphatic carbocycles. The maximum atomic E-state index is 11.0. The van der Waals surface area contributed by atoms with Crippen LogP contribution in [-0.2, 0) is 0 Å². The van der Waals surface area contributed by atoms with Crippen LogP contribution in [0.15, 0.2) is 18.2 Å². The van der Waals surface area contributed by atoms with Crippen LogP contribution in [-0.4, -0.2) is 48.2 Å². The third-order valence-corrected chi connectivity index (χ3v) is 4.39. The number of benzene rings is 1. The average Bonchev–Trinajstić information content (AvgIpc) is 2.46. The quantitative estimate of drug-likeness (QED) is 0.928. The zero-order valence-corrected chi connectivity index (χ0v) is 12.7. The molecule has 1 heterocycles. The maximum absolute atomic E-state index is 11.0. The highest BCUT2D eigenvalue weighted by Gasteiger charge is 2.21. The van der Waals surface area contributed by atoms with E-state index in [-0.39, 0.29) is 5.56 Å². The summed E-state index contributed by atoms with van der Waals surface area (Å²) >= 11 is 6.03. The van der Waals surface area contributed by atoms with Gasteiger partial charge < -0.3 is 10.0 Å². The molecular weight excluding hydrogens is 276 g/mol. The van der Waals surface area contributed by atoms with E-state index in [4.69, 9.17) is 16.7 Å². The number of piperazine rings is 1. The molecule has 2 rings (SSSR count). The van der Waals surface area contributed by atoms with E-state index in [1.54, 1.807) is 12.1 Å². The number of halogens is 1. The Kier molecular flexibility index (Phi) is 4.89. The highest BCUT2D eigenvalue weighted by atomic mass is 35.5. The van der Waals surface area contributed by atoms with Crippen LogP contribution in [0.3, 0.4) is 0 Å². The third kappa shape index (κ3) is 3.25. The van der Waals surface area contributed by atoms with E-state index in [9.17, 15) is 4.79 Å². The van der Waals surface area contributed by atoms with Gasteiger partial charge in [-0.05, 0) is 31.5 Å². The van der Waals surface area contributed by atoms with Gasteiger partial charge in [-0.3, -0.25) is 4.90 Å². The smallest absolute Gasteiger partial charge is 0.337 e. The predicted molar refractivity (Wildman–Crippen MR) is 82.0 cm³/mol. The number of hydrogen-bond acceptors (Lipinski definition) is 3. The molecule has 0 aromatic heterocycles. The van der Waals surface area contributed by atoms with Crippen LogP contribution >= 0.6 is 11.6 Å². The van der Waals surface area contributed by atoms with Gasteiger partial charge in [0.2, 0.25) is 0 Å². The van der Waals surface area contributed by atoms with Gasteiger partial charge in [-0.2, -0.15) is 0 Å². The molecular formula is C15H21ClN2O2. The molecule has 1 aromatic rings. The zero-order chi connectivity index (χ0) is 14.7. The predicted octanol–water partition coefficient (Wildman–Crippen LogP) is 2.96. The number of carboxylic acids is 1. The summed E-state index contributed by atoms with van der Waals surface area (Å²) < 4.78 is 0. The van der Waals surface area contributed by atoms with Gasteiger partial charge in [-0.25, -0.2) is 4.79 Å². The Balaban J connectivity index is 2.04. The van der Waals surface area contributed by atoms with Crippen molar-refractivity contribution in [3.63, 3.8) is 0 Å². The van der Waals surface area contributed by atoms with Crippen LogP contribution < -0.4 is 4.90 Å². The van der Waals surface area contributed by atoms with E-state index in [2.05, 4.69) is 23.6 Å². The van der Waals surface area contributed by atoms with Crippen molar-refractivity contribution in [3.05, 3.63) is 28.8 Å². The van der Waals surface area contributed by atoms with Crippen LogP contribution in [0.2, 0.25) is 5.02 Å². The SMILES string of the molecule is CCC(C)N1CCN(c2ccc(C(=O)O)c(Cl)c2)CC1. The van der Waals surface area contributed by atoms with Crippen LogP contribution in [0.4, 0.5) is 5.69 Å². The summed E-state index contributed by atoms with van der Waals surface area (Å²) in [5.74, 6) is -0.983. The lowest BCUT2D eigenvalue weighted by Crippen LogP contribution is -2.49. The van der Waals surface area contributed by atoms with Gasteiger partial charge in [-0.15, -0.1) is 0 Å². The Morgan fingerprint density at radius 3 is 2.50 bits per heavy atom. The Bertz CT molecular complexity index is 485. The van der Waals surface area contributed by atoms with E-state index in [1.165, 1.54) is 6.42 Å². The zero-order valence-electron chi connectivity index (χ0n) is 12.0. The fourth-order valence-electron chi connectivity index (χ4n) is 2.55. The normalized spacial score (nSPS) is 18.1. The molecule has 1 aliphatic heterocycles. The van der Waals surface area contributed by atoms with Gasteiger partial charge in [0, 0.05) is 37.9 Å². The highest BCUT2D eigenvalue weighted by Crippen LogP contribution is 2.25. The molecule has 1 unspecified atom stereocenters. The van der Waals surface area contributed by atoms with Crippen molar-refractivity contribution < 1.29 is 9.90 Å². The molecule has 1 saturated heterocycles. The minimum absolute atomic E-state index is 0.161. The minimum atomic E-state index is -0.983. The topological polar surface area (TPSA) is 43.8 Å². The summed E-state index contributed by atoms with van der Waals surface area (Å²) in [6.07, 6.45) is 1.17. The van der Waals surface area contributed by atoms with Crippen LogP contribution in [0.1, 0.15) is 30.6 Å². The summed E-state index contributed by atoms with van der Waals surface area (Å²) in [6.45, 7) is 8.44. The van der Waals surface area contributed by atoms with Crippen molar-refractivity contribution in [2.24, 2.45) is 0 Å². The first-order chi connectivity index (χ1) is 9.52. The standard InChI is InChI=1S/C15H21ClN2O2/c1-3-11(2)17-6-8-18(9-7-17)12-4-5-13(15(19)20)14(16)10-12/h4-5,10-11H,3,6-9H2,1-2H3,(H,19,20). The fraction of sp³-hybridized carbons (Fsp3) is 0.533. The number of anilines is 1. The number of carboxylic acid groups (broad SMARTS) is 1. The van der Waals surface area contributed by atoms with Crippen molar-refractivity contribution in [1.82, 2.24) is 4.90 Å². The lowest BCUT2D eigenvalue weighted by atomic mass is 10.1. The number of aromatic carboxylic acids is 1. The minimum Gasteiger partial charge on any atom is -0.478 e. The lowest BCUT2D eigenvalue weighted by Gasteiger charge is -2.39. The number of rotatable bonds is 4. The van der Waals surface area contributed by atoms with Crippen molar-refractivity contribution >= 4 is 23.3 Å². The van der Waals surface area contributed by atoms with Crippen LogP contribution in [0.25, 0.3) is 0 Å². The van der Waals surface area contributed by atoms with Gasteiger partial charge in [0.05, 0.1) is 10.6 Å². The van der Waals surface area contributed by atoms with E-state index in [0.29, 0.717) is 11.1 Å². The Morgan fingerprint density at radius 2 is 2.00 bits per heavy atom. The molecule has 1 N–H and O–H groups in total. The highest BCUT2D eigenvalue weighted by molar-refractivity contribution is 6.33. The summed E-state index contributed by atoms with van der Waals surface area (Å²) in [5, 5.41) is 9.29. The summed E-state index contributed by atoms with van der Waals surface area (Å²) in [7, 11) is 0. The molecule has 0 radical (unpaired) electrons. The van der Waals surface area contributed by atoms with Crippen molar-refractivity contribution in [1.29, 1.82) is 0 Å². The molecule has 1 fully saturated rings. The average molecular weight is 297 g/mol. The lowest BCUT2D eigenvalue weighted by molar-refractivity contribution is 0.0697. The molecule has 20 heavy (non-hydrogen) atoms. The van der Waals surface area contributed by atoms with E-state index >= 15 is 0 Å². The van der Waals surface area contributed by atoms with Gasteiger partial charge in [0.1, 0.15) is 0 Å². The van der Waals surface area contributed by atoms with E-state index in [1.807, 2.05) is 6.07 Å². The van der Waals surface area contributed by atoms with E-state index < -0.39 is 5.97 Å². The summed E-state index contributed by atoms with van der Waals surface area (Å²) in [4.78, 5) is 15.7. The first kappa shape index (κ1) is 15.1. The van der Waals surface area contributed by atoms with E-state index in [0.717, 1.165) is 31.9 Å². The van der Waals surface area contributed by atoms with Crippen molar-refractivity contribution in [3.8, 4) is 0 Å². The second-order valence-electron chi connectivity index (χ2n) is 5.25. The van der Waals surface area contributed by atoms with Gasteiger partial charge in [0.25, 0.3) is 0 Å². The number of nitrogens with zero attached hydrogens (tertiary/aromatic N) is 2. The molecule has 0 saturated carbocycles. The molecule has 0 bridgehead atoms. The van der Waals surface area contributed by atoms with Crippen molar-refractivity contribution in [2.75, 3.05) is 31.1 Å². The fourth-order valence-corrected chi connectivity index (χ4v) is 2.81. The second kappa shape index (κ2) is 6.46. The van der Waals surface area contributed by atoms with Gasteiger partial charge in [0.15, 0.2) is 0 Å². The molecule has 0 spiro atoms. The monoisotopic (exact) mass is 296 g/mol. The van der Waals surface area contributed by atoms with Gasteiger partial charge in [-0.1, -0.05) is 18.5 Å². The molecule has 4 nitrogen and oxygen atoms in total. The van der Waals surface area contributed by atoms with Gasteiger partial charge >= 0.3 is 5.97 Å². The third-order valence-electron chi connectivity index (χ3n) is 4.08. The molecule has 1 aliphatic rings. The first-order valence-corrected chi connectivity index (χ1v) is 7.42. The second-order valence-corrected chi connectivity index (χ2v) is 5.66. The Hall–Kier alpha value is -1.26. The van der Waals surface area contributed by atoms with Crippen LogP contribution in [0.5, 0.6) is 0 Å². The largest absolute Gasteiger partial charge is 0.478 e. The first-order valence-electron chi connectivity index (χ1n) is 7.04. The molecule has 5 heteroatoms. The molecule has 110 valence electrons. The number of carbonyl (C=O) groups is 1. The summed E-state index contributed by atoms with van der Waals surface area (Å²) in [6, 6.07) is 5.80. The maximum Gasteiger partial charge on any atom is 0.337 e. The van der Waals surface area contributed by atoms with Crippen LogP contribution in [0, 0.1) is 0 Å². The number of hydrogen-bond donors (Lipinski definition) is 1.